The second-order valence-electron chi connectivity index (χ2n) is 26.8. The van der Waals surface area contributed by atoms with Crippen molar-refractivity contribution in [2.45, 2.75) is 360 Å². The lowest BCUT2D eigenvalue weighted by Gasteiger charge is -2.21. The summed E-state index contributed by atoms with van der Waals surface area (Å²) in [5.74, 6) is -1.59. The van der Waals surface area contributed by atoms with Gasteiger partial charge in [-0.05, 0) is 128 Å². The molecule has 0 aromatic carbocycles. The molecule has 584 valence electrons. The zero-order valence-corrected chi connectivity index (χ0v) is 65.6. The standard InChI is InChI=1S/C83H146O16P2/c1-4-7-10-13-16-19-22-25-28-30-32-33-34-35-36-37-38-39-40-41-42-43-45-47-49-51-54-57-60-63-66-69-81(86)93-72-78(84)73-95-100(89,90)96-74-79(85)75-97-101(91,92)98-77-80(99-83(88)71-68-65-62-59-56-53-48-27-24-21-18-15-12-9-6-3)76-94-82(87)70-67-64-61-58-55-52-50-46-44-31-29-26-23-20-17-14-11-8-5-2/h8,11,16-17,19-20,25-29,32-33,35-36,44,46,48,78-80,84-85H,4-7,9-10,12-15,18,21-24,30-31,34,37-43,45,47,49-77H2,1-3H3,(H,89,90)(H,91,92)/b11-8-,19-16-,20-17-,28-25-,29-26-,33-32-,36-35-,46-44-,48-27-. The van der Waals surface area contributed by atoms with Crippen molar-refractivity contribution in [1.82, 2.24) is 0 Å². The molecule has 0 saturated carbocycles. The number of hydrogen-bond acceptors (Lipinski definition) is 14. The van der Waals surface area contributed by atoms with Crippen LogP contribution in [0, 0.1) is 0 Å². The number of unbranched alkanes of at least 4 members (excludes halogenated alkanes) is 35. The van der Waals surface area contributed by atoms with E-state index in [0.29, 0.717) is 19.3 Å². The Labute approximate surface area is 615 Å². The SMILES string of the molecule is CC/C=C\C/C=C\C/C=C\C/C=C\CCCCCCCCC(=O)OCC(COP(=O)(O)OCC(O)COP(=O)(O)OCC(O)COC(=O)CCCCCCCCCCCCCCCCC/C=C\C/C=C\C/C=C\C/C=C\CCCCC)OC(=O)CCCCCCC/C=C\CCCCCCCC. The molecule has 101 heavy (non-hydrogen) atoms. The highest BCUT2D eigenvalue weighted by Gasteiger charge is 2.29. The van der Waals surface area contributed by atoms with Crippen LogP contribution in [0.4, 0.5) is 0 Å². The van der Waals surface area contributed by atoms with Gasteiger partial charge in [-0.1, -0.05) is 304 Å². The van der Waals surface area contributed by atoms with Crippen LogP contribution in [-0.2, 0) is 55.8 Å². The molecule has 0 saturated heterocycles. The van der Waals surface area contributed by atoms with Crippen LogP contribution in [-0.4, -0.2) is 95.9 Å². The minimum Gasteiger partial charge on any atom is -0.463 e. The van der Waals surface area contributed by atoms with Gasteiger partial charge in [-0.25, -0.2) is 9.13 Å². The number of esters is 3. The minimum atomic E-state index is -4.93. The highest BCUT2D eigenvalue weighted by Crippen LogP contribution is 2.45. The average molecular weight is 1460 g/mol. The lowest BCUT2D eigenvalue weighted by atomic mass is 10.0. The molecule has 4 N–H and O–H groups in total. The van der Waals surface area contributed by atoms with Crippen LogP contribution in [0.3, 0.4) is 0 Å². The Morgan fingerprint density at radius 1 is 0.287 bits per heavy atom. The first-order valence-corrected chi connectivity index (χ1v) is 43.2. The van der Waals surface area contributed by atoms with Gasteiger partial charge in [0.05, 0.1) is 26.4 Å². The van der Waals surface area contributed by atoms with Crippen molar-refractivity contribution in [3.63, 3.8) is 0 Å². The van der Waals surface area contributed by atoms with E-state index in [0.717, 1.165) is 141 Å². The Morgan fingerprint density at radius 3 is 0.861 bits per heavy atom. The van der Waals surface area contributed by atoms with Gasteiger partial charge in [0.15, 0.2) is 6.10 Å². The summed E-state index contributed by atoms with van der Waals surface area (Å²) in [5, 5.41) is 20.6. The number of allylic oxidation sites excluding steroid dienone is 18. The van der Waals surface area contributed by atoms with E-state index in [1.165, 1.54) is 141 Å². The molecule has 18 heteroatoms. The third-order valence-electron chi connectivity index (χ3n) is 17.0. The Hall–Kier alpha value is -3.79. The third-order valence-corrected chi connectivity index (χ3v) is 18.9. The molecule has 0 aliphatic heterocycles. The lowest BCUT2D eigenvalue weighted by Crippen LogP contribution is -2.30. The third kappa shape index (κ3) is 77.1. The van der Waals surface area contributed by atoms with Gasteiger partial charge in [0.25, 0.3) is 0 Å². The Balaban J connectivity index is 4.47. The summed E-state index contributed by atoms with van der Waals surface area (Å²) in [5.41, 5.74) is 0. The molecule has 0 heterocycles. The van der Waals surface area contributed by atoms with Crippen LogP contribution < -0.4 is 0 Å². The fourth-order valence-corrected chi connectivity index (χ4v) is 12.4. The molecule has 0 rings (SSSR count). The van der Waals surface area contributed by atoms with Gasteiger partial charge in [0, 0.05) is 19.3 Å². The normalized spacial score (nSPS) is 14.6. The van der Waals surface area contributed by atoms with E-state index in [9.17, 15) is 43.5 Å². The van der Waals surface area contributed by atoms with Crippen LogP contribution in [0.15, 0.2) is 109 Å². The van der Waals surface area contributed by atoms with Crippen molar-refractivity contribution in [2.24, 2.45) is 0 Å². The fourth-order valence-electron chi connectivity index (χ4n) is 10.8. The first-order chi connectivity index (χ1) is 49.2. The van der Waals surface area contributed by atoms with E-state index in [1.54, 1.807) is 0 Å². The summed E-state index contributed by atoms with van der Waals surface area (Å²) in [6.07, 6.45) is 88.6. The Bertz CT molecular complexity index is 2270. The van der Waals surface area contributed by atoms with Crippen LogP contribution in [0.2, 0.25) is 0 Å². The molecule has 5 atom stereocenters. The second-order valence-corrected chi connectivity index (χ2v) is 29.7. The van der Waals surface area contributed by atoms with Crippen molar-refractivity contribution < 1.29 is 75.8 Å². The maximum absolute atomic E-state index is 13.0. The average Bonchev–Trinajstić information content (AvgIpc) is 1.14. The van der Waals surface area contributed by atoms with Crippen molar-refractivity contribution >= 4 is 33.6 Å². The number of phosphoric ester groups is 2. The molecule has 16 nitrogen and oxygen atoms in total. The van der Waals surface area contributed by atoms with Crippen LogP contribution >= 0.6 is 15.6 Å². The van der Waals surface area contributed by atoms with Gasteiger partial charge in [0.2, 0.25) is 0 Å². The van der Waals surface area contributed by atoms with E-state index in [-0.39, 0.29) is 19.3 Å². The van der Waals surface area contributed by atoms with Crippen molar-refractivity contribution in [3.05, 3.63) is 109 Å². The molecule has 0 aromatic rings. The number of ether oxygens (including phenoxy) is 3. The highest BCUT2D eigenvalue weighted by molar-refractivity contribution is 7.47. The molecule has 0 aromatic heterocycles. The van der Waals surface area contributed by atoms with E-state index < -0.39 is 91.5 Å². The molecule has 0 fully saturated rings. The number of hydrogen-bond donors (Lipinski definition) is 4. The summed E-state index contributed by atoms with van der Waals surface area (Å²) >= 11 is 0. The fraction of sp³-hybridized carbons (Fsp3) is 0.747. The van der Waals surface area contributed by atoms with Gasteiger partial charge >= 0.3 is 33.6 Å². The molecule has 0 bridgehead atoms. The smallest absolute Gasteiger partial charge is 0.463 e. The summed E-state index contributed by atoms with van der Waals surface area (Å²) in [6, 6.07) is 0. The number of rotatable bonds is 76. The maximum atomic E-state index is 13.0. The maximum Gasteiger partial charge on any atom is 0.472 e. The number of aliphatic hydroxyl groups is 2. The molecular formula is C83H146O16P2. The number of aliphatic hydroxyl groups excluding tert-OH is 2. The zero-order valence-electron chi connectivity index (χ0n) is 63.8. The van der Waals surface area contributed by atoms with Gasteiger partial charge in [0.1, 0.15) is 25.4 Å². The first kappa shape index (κ1) is 97.2. The summed E-state index contributed by atoms with van der Waals surface area (Å²) in [4.78, 5) is 58.6. The van der Waals surface area contributed by atoms with Crippen LogP contribution in [0.5, 0.6) is 0 Å². The quantitative estimate of drug-likeness (QED) is 0.0146. The predicted molar refractivity (Wildman–Crippen MR) is 417 cm³/mol. The zero-order chi connectivity index (χ0) is 73.7. The van der Waals surface area contributed by atoms with Crippen molar-refractivity contribution in [1.29, 1.82) is 0 Å². The van der Waals surface area contributed by atoms with Gasteiger partial charge < -0.3 is 34.2 Å². The molecule has 0 aliphatic carbocycles. The monoisotopic (exact) mass is 1460 g/mol. The summed E-state index contributed by atoms with van der Waals surface area (Å²) in [6.45, 7) is 2.54. The number of carbonyl (C=O) groups is 3. The number of carbonyl (C=O) groups excluding carboxylic acids is 3. The predicted octanol–water partition coefficient (Wildman–Crippen LogP) is 23.5. The van der Waals surface area contributed by atoms with Crippen molar-refractivity contribution in [2.75, 3.05) is 39.6 Å². The molecule has 0 amide bonds. The van der Waals surface area contributed by atoms with E-state index in [4.69, 9.17) is 32.3 Å². The van der Waals surface area contributed by atoms with Crippen molar-refractivity contribution in [3.8, 4) is 0 Å². The van der Waals surface area contributed by atoms with Gasteiger partial charge in [-0.2, -0.15) is 0 Å². The molecule has 0 aliphatic rings. The first-order valence-electron chi connectivity index (χ1n) is 40.2. The highest BCUT2D eigenvalue weighted by atomic mass is 31.2. The van der Waals surface area contributed by atoms with E-state index in [2.05, 4.69) is 130 Å². The topological polar surface area (TPSA) is 231 Å². The van der Waals surface area contributed by atoms with E-state index >= 15 is 0 Å². The summed E-state index contributed by atoms with van der Waals surface area (Å²) < 4.78 is 61.1. The molecular weight excluding hydrogens is 1310 g/mol. The van der Waals surface area contributed by atoms with E-state index in [1.807, 2.05) is 0 Å². The molecule has 0 spiro atoms. The largest absolute Gasteiger partial charge is 0.472 e. The van der Waals surface area contributed by atoms with Gasteiger partial charge in [-0.15, -0.1) is 0 Å². The van der Waals surface area contributed by atoms with Crippen LogP contribution in [0.25, 0.3) is 0 Å². The number of phosphoric acid groups is 2. The molecule has 5 unspecified atom stereocenters. The minimum absolute atomic E-state index is 0.0911. The Kier molecular flexibility index (Phi) is 73.0. The summed E-state index contributed by atoms with van der Waals surface area (Å²) in [7, 11) is -9.79. The lowest BCUT2D eigenvalue weighted by molar-refractivity contribution is -0.161. The van der Waals surface area contributed by atoms with Gasteiger partial charge in [-0.3, -0.25) is 32.5 Å². The second kappa shape index (κ2) is 75.9. The van der Waals surface area contributed by atoms with Crippen LogP contribution in [0.1, 0.15) is 342 Å². The molecule has 0 radical (unpaired) electrons. The Morgan fingerprint density at radius 2 is 0.525 bits per heavy atom.